The third-order valence-electron chi connectivity index (χ3n) is 4.89. The maximum atomic E-state index is 12.6. The van der Waals surface area contributed by atoms with Crippen LogP contribution < -0.4 is 5.32 Å². The van der Waals surface area contributed by atoms with Crippen molar-refractivity contribution in [3.05, 3.63) is 24.3 Å². The molecule has 1 aromatic rings. The van der Waals surface area contributed by atoms with Crippen molar-refractivity contribution < 1.29 is 14.3 Å². The first-order valence-corrected chi connectivity index (χ1v) is 11.4. The lowest BCUT2D eigenvalue weighted by atomic mass is 9.96. The van der Waals surface area contributed by atoms with Crippen molar-refractivity contribution in [2.75, 3.05) is 18.4 Å². The van der Waals surface area contributed by atoms with Crippen molar-refractivity contribution >= 4 is 29.4 Å². The summed E-state index contributed by atoms with van der Waals surface area (Å²) < 4.78 is 5.62. The van der Waals surface area contributed by atoms with Gasteiger partial charge in [0.05, 0.1) is 0 Å². The second-order valence-corrected chi connectivity index (χ2v) is 11.1. The minimum absolute atomic E-state index is 0.0283. The zero-order chi connectivity index (χ0) is 21.7. The van der Waals surface area contributed by atoms with Gasteiger partial charge in [0.25, 0.3) is 0 Å². The molecule has 1 fully saturated rings. The van der Waals surface area contributed by atoms with Crippen LogP contribution in [0.4, 0.5) is 10.5 Å². The van der Waals surface area contributed by atoms with E-state index < -0.39 is 5.60 Å². The average Bonchev–Trinajstić information content (AvgIpc) is 2.61. The minimum Gasteiger partial charge on any atom is -0.444 e. The molecular formula is C23H36N2O3S. The lowest BCUT2D eigenvalue weighted by Gasteiger charge is -2.32. The smallest absolute Gasteiger partial charge is 0.410 e. The maximum absolute atomic E-state index is 12.6. The topological polar surface area (TPSA) is 58.6 Å². The normalized spacial score (nSPS) is 15.9. The fourth-order valence-corrected chi connectivity index (χ4v) is 4.69. The van der Waals surface area contributed by atoms with E-state index in [4.69, 9.17) is 4.74 Å². The highest BCUT2D eigenvalue weighted by atomic mass is 32.2. The van der Waals surface area contributed by atoms with Crippen LogP contribution in [0.1, 0.15) is 67.2 Å². The van der Waals surface area contributed by atoms with Gasteiger partial charge in [-0.05, 0) is 64.3 Å². The summed E-state index contributed by atoms with van der Waals surface area (Å²) in [7, 11) is 0. The first kappa shape index (κ1) is 23.6. The number of ether oxygens (including phenoxy) is 1. The van der Waals surface area contributed by atoms with Gasteiger partial charge in [0.2, 0.25) is 5.91 Å². The molecule has 0 atom stereocenters. The number of anilines is 1. The number of nitrogens with one attached hydrogen (secondary N) is 1. The van der Waals surface area contributed by atoms with Gasteiger partial charge in [-0.25, -0.2) is 4.79 Å². The molecule has 0 spiro atoms. The second-order valence-electron chi connectivity index (χ2n) is 9.37. The van der Waals surface area contributed by atoms with Crippen molar-refractivity contribution in [2.24, 2.45) is 5.92 Å². The van der Waals surface area contributed by atoms with Crippen molar-refractivity contribution in [1.29, 1.82) is 0 Å². The summed E-state index contributed by atoms with van der Waals surface area (Å²) in [4.78, 5) is 27.7. The predicted octanol–water partition coefficient (Wildman–Crippen LogP) is 5.94. The molecule has 2 rings (SSSR count). The monoisotopic (exact) mass is 420 g/mol. The maximum Gasteiger partial charge on any atom is 0.410 e. The van der Waals surface area contributed by atoms with Crippen molar-refractivity contribution in [3.63, 3.8) is 0 Å². The van der Waals surface area contributed by atoms with Crippen LogP contribution in [0.5, 0.6) is 0 Å². The Labute approximate surface area is 179 Å². The van der Waals surface area contributed by atoms with E-state index in [-0.39, 0.29) is 22.7 Å². The summed E-state index contributed by atoms with van der Waals surface area (Å²) in [6, 6.07) is 8.09. The molecule has 1 aliphatic rings. The Hall–Kier alpha value is -1.69. The highest BCUT2D eigenvalue weighted by Crippen LogP contribution is 2.36. The van der Waals surface area contributed by atoms with E-state index in [9.17, 15) is 9.59 Å². The number of likely N-dealkylation sites (tertiary alicyclic amines) is 1. The van der Waals surface area contributed by atoms with Crippen LogP contribution in [0.3, 0.4) is 0 Å². The molecule has 1 saturated heterocycles. The molecule has 1 N–H and O–H groups in total. The number of carbonyl (C=O) groups excluding carboxylic acids is 2. The van der Waals surface area contributed by atoms with Gasteiger partial charge in [-0.1, -0.05) is 27.2 Å². The van der Waals surface area contributed by atoms with E-state index in [1.165, 1.54) is 11.3 Å². The van der Waals surface area contributed by atoms with E-state index in [2.05, 4.69) is 38.2 Å². The van der Waals surface area contributed by atoms with Crippen LogP contribution in [0, 0.1) is 5.92 Å². The van der Waals surface area contributed by atoms with E-state index in [0.717, 1.165) is 12.1 Å². The third kappa shape index (κ3) is 7.92. The Morgan fingerprint density at radius 1 is 1.10 bits per heavy atom. The number of piperidine rings is 1. The number of thioether (sulfide) groups is 1. The van der Waals surface area contributed by atoms with Crippen LogP contribution in [-0.4, -0.2) is 40.3 Å². The van der Waals surface area contributed by atoms with Gasteiger partial charge in [0, 0.05) is 34.3 Å². The third-order valence-corrected chi connectivity index (χ3v) is 6.15. The molecule has 2 amide bonds. The van der Waals surface area contributed by atoms with Gasteiger partial charge in [-0.3, -0.25) is 4.79 Å². The molecule has 1 aliphatic heterocycles. The number of hydrogen-bond donors (Lipinski definition) is 1. The summed E-state index contributed by atoms with van der Waals surface area (Å²) in [5.41, 5.74) is 0.323. The Bertz CT molecular complexity index is 687. The number of rotatable bonds is 6. The lowest BCUT2D eigenvalue weighted by molar-refractivity contribution is -0.121. The number of carbonyl (C=O) groups is 2. The predicted molar refractivity (Wildman–Crippen MR) is 120 cm³/mol. The fourth-order valence-electron chi connectivity index (χ4n) is 3.47. The lowest BCUT2D eigenvalue weighted by Crippen LogP contribution is -2.43. The Balaban J connectivity index is 1.83. The average molecular weight is 421 g/mol. The molecule has 29 heavy (non-hydrogen) atoms. The van der Waals surface area contributed by atoms with E-state index >= 15 is 0 Å². The van der Waals surface area contributed by atoms with Crippen LogP contribution >= 0.6 is 11.8 Å². The summed E-state index contributed by atoms with van der Waals surface area (Å²) in [6.45, 7) is 13.4. The second kappa shape index (κ2) is 9.88. The van der Waals surface area contributed by atoms with Gasteiger partial charge in [-0.15, -0.1) is 11.8 Å². The highest BCUT2D eigenvalue weighted by molar-refractivity contribution is 8.00. The molecule has 0 unspecified atom stereocenters. The molecule has 0 aromatic heterocycles. The van der Waals surface area contributed by atoms with E-state index in [0.29, 0.717) is 25.9 Å². The number of hydrogen-bond acceptors (Lipinski definition) is 4. The van der Waals surface area contributed by atoms with Crippen LogP contribution in [-0.2, 0) is 9.53 Å². The van der Waals surface area contributed by atoms with E-state index in [1.54, 1.807) is 4.90 Å². The molecular weight excluding hydrogens is 384 g/mol. The van der Waals surface area contributed by atoms with Crippen LogP contribution in [0.2, 0.25) is 0 Å². The molecule has 162 valence electrons. The largest absolute Gasteiger partial charge is 0.444 e. The van der Waals surface area contributed by atoms with Gasteiger partial charge < -0.3 is 15.0 Å². The van der Waals surface area contributed by atoms with Crippen molar-refractivity contribution in [3.8, 4) is 0 Å². The fraction of sp³-hybridized carbons (Fsp3) is 0.652. The first-order chi connectivity index (χ1) is 13.5. The van der Waals surface area contributed by atoms with Gasteiger partial charge in [0.1, 0.15) is 5.60 Å². The molecule has 0 saturated carbocycles. The first-order valence-electron chi connectivity index (χ1n) is 10.6. The number of nitrogens with zero attached hydrogens (tertiary/aromatic N) is 1. The minimum atomic E-state index is -0.499. The highest BCUT2D eigenvalue weighted by Gasteiger charge is 2.30. The van der Waals surface area contributed by atoms with Gasteiger partial charge >= 0.3 is 6.09 Å². The Morgan fingerprint density at radius 3 is 2.21 bits per heavy atom. The SMILES string of the molecule is CCCC(C)(C)Sc1ccc(NC(=O)C2CCN(C(=O)OC(C)(C)C)CC2)cc1. The molecule has 0 radical (unpaired) electrons. The van der Waals surface area contributed by atoms with Gasteiger partial charge in [0.15, 0.2) is 0 Å². The summed E-state index contributed by atoms with van der Waals surface area (Å²) in [5.74, 6) is -0.0493. The standard InChI is InChI=1S/C23H36N2O3S/c1-7-14-23(5,6)29-19-10-8-18(9-11-19)24-20(26)17-12-15-25(16-13-17)21(27)28-22(2,3)4/h8-11,17H,7,12-16H2,1-6H3,(H,24,26). The van der Waals surface area contributed by atoms with Crippen LogP contribution in [0.15, 0.2) is 29.2 Å². The molecule has 1 aromatic carbocycles. The molecule has 1 heterocycles. The Kier molecular flexibility index (Phi) is 8.03. The Morgan fingerprint density at radius 2 is 1.69 bits per heavy atom. The van der Waals surface area contributed by atoms with E-state index in [1.807, 2.05) is 44.7 Å². The van der Waals surface area contributed by atoms with Crippen molar-refractivity contribution in [1.82, 2.24) is 4.90 Å². The summed E-state index contributed by atoms with van der Waals surface area (Å²) in [6.07, 6.45) is 3.35. The molecule has 0 aliphatic carbocycles. The number of benzene rings is 1. The zero-order valence-corrected chi connectivity index (χ0v) is 19.5. The van der Waals surface area contributed by atoms with Gasteiger partial charge in [-0.2, -0.15) is 0 Å². The summed E-state index contributed by atoms with van der Waals surface area (Å²) >= 11 is 1.87. The molecule has 5 nitrogen and oxygen atoms in total. The number of amides is 2. The molecule has 0 bridgehead atoms. The molecule has 6 heteroatoms. The zero-order valence-electron chi connectivity index (χ0n) is 18.7. The van der Waals surface area contributed by atoms with Crippen molar-refractivity contribution in [2.45, 2.75) is 82.5 Å². The summed E-state index contributed by atoms with van der Waals surface area (Å²) in [5, 5.41) is 3.03. The van der Waals surface area contributed by atoms with Crippen LogP contribution in [0.25, 0.3) is 0 Å². The quantitative estimate of drug-likeness (QED) is 0.578.